The third-order valence-electron chi connectivity index (χ3n) is 1.75. The molecule has 0 aliphatic carbocycles. The Bertz CT molecular complexity index is 350. The van der Waals surface area contributed by atoms with Crippen LogP contribution in [0.25, 0.3) is 0 Å². The summed E-state index contributed by atoms with van der Waals surface area (Å²) in [4.78, 5) is 0.805. The van der Waals surface area contributed by atoms with E-state index >= 15 is 0 Å². The highest BCUT2D eigenvalue weighted by Crippen LogP contribution is 2.38. The fraction of sp³-hybridized carbons (Fsp3) is 0.556. The molecule has 0 fully saturated rings. The molecular weight excluding hydrogens is 364 g/mol. The van der Waals surface area contributed by atoms with E-state index in [1.54, 1.807) is 6.07 Å². The van der Waals surface area contributed by atoms with E-state index in [0.717, 1.165) is 8.66 Å². The Morgan fingerprint density at radius 3 is 2.59 bits per heavy atom. The van der Waals surface area contributed by atoms with E-state index < -0.39 is 18.2 Å². The van der Waals surface area contributed by atoms with E-state index in [0.29, 0.717) is 11.4 Å². The lowest BCUT2D eigenvalue weighted by molar-refractivity contribution is -0.174. The first-order chi connectivity index (χ1) is 7.79. The van der Waals surface area contributed by atoms with E-state index in [1.807, 2.05) is 0 Å². The maximum Gasteiger partial charge on any atom is 0.411 e. The zero-order valence-corrected chi connectivity index (χ0v) is 12.3. The topological polar surface area (TPSA) is 9.23 Å². The van der Waals surface area contributed by atoms with Crippen molar-refractivity contribution in [3.8, 4) is 0 Å². The first kappa shape index (κ1) is 15.6. The van der Waals surface area contributed by atoms with Crippen molar-refractivity contribution in [1.29, 1.82) is 0 Å². The number of halogens is 6. The number of hydrogen-bond acceptors (Lipinski definition) is 2. The van der Waals surface area contributed by atoms with Gasteiger partial charge in [0, 0.05) is 11.5 Å². The Labute approximate surface area is 119 Å². The van der Waals surface area contributed by atoms with E-state index in [9.17, 15) is 13.2 Å². The summed E-state index contributed by atoms with van der Waals surface area (Å²) in [5.74, 6) is 0. The van der Waals surface area contributed by atoms with Crippen molar-refractivity contribution in [3.63, 3.8) is 0 Å². The lowest BCUT2D eigenvalue weighted by Gasteiger charge is -2.09. The summed E-state index contributed by atoms with van der Waals surface area (Å²) in [6.07, 6.45) is -3.99. The molecule has 1 nitrogen and oxygen atoms in total. The Hall–Kier alpha value is 0.510. The Morgan fingerprint density at radius 2 is 2.12 bits per heavy atom. The molecule has 1 rings (SSSR count). The van der Waals surface area contributed by atoms with Crippen molar-refractivity contribution in [2.75, 3.05) is 13.2 Å². The monoisotopic (exact) mass is 370 g/mol. The van der Waals surface area contributed by atoms with Gasteiger partial charge < -0.3 is 4.74 Å². The van der Waals surface area contributed by atoms with Gasteiger partial charge >= 0.3 is 6.18 Å². The van der Waals surface area contributed by atoms with Gasteiger partial charge in [-0.1, -0.05) is 11.6 Å². The maximum absolute atomic E-state index is 11.8. The minimum Gasteiger partial charge on any atom is -0.372 e. The average Bonchev–Trinajstić information content (AvgIpc) is 2.52. The molecule has 0 N–H and O–H groups in total. The first-order valence-corrected chi connectivity index (χ1v) is 6.95. The molecule has 1 aromatic heterocycles. The van der Waals surface area contributed by atoms with E-state index in [4.69, 9.17) is 23.2 Å². The molecule has 0 radical (unpaired) electrons. The standard InChI is InChI=1S/C9H8BrCl2F3OS/c10-8-6(12)3-7(17-8)5(11)1-2-16-4-9(13,14)15/h3,5H,1-2,4H2. The van der Waals surface area contributed by atoms with Crippen molar-refractivity contribution in [2.45, 2.75) is 18.0 Å². The van der Waals surface area contributed by atoms with E-state index in [-0.39, 0.29) is 6.61 Å². The highest BCUT2D eigenvalue weighted by atomic mass is 79.9. The normalized spacial score (nSPS) is 14.0. The molecular formula is C9H8BrCl2F3OS. The van der Waals surface area contributed by atoms with Crippen LogP contribution in [-0.4, -0.2) is 19.4 Å². The van der Waals surface area contributed by atoms with Crippen LogP contribution in [0.15, 0.2) is 9.85 Å². The van der Waals surface area contributed by atoms with Crippen LogP contribution >= 0.6 is 50.5 Å². The van der Waals surface area contributed by atoms with Crippen LogP contribution in [0, 0.1) is 0 Å². The van der Waals surface area contributed by atoms with Gasteiger partial charge in [0.2, 0.25) is 0 Å². The largest absolute Gasteiger partial charge is 0.411 e. The first-order valence-electron chi connectivity index (χ1n) is 4.53. The Kier molecular flexibility index (Phi) is 6.05. The van der Waals surface area contributed by atoms with Gasteiger partial charge in [0.15, 0.2) is 0 Å². The van der Waals surface area contributed by atoms with Crippen LogP contribution < -0.4 is 0 Å². The summed E-state index contributed by atoms with van der Waals surface area (Å²) in [6, 6.07) is 1.69. The van der Waals surface area contributed by atoms with E-state index in [1.165, 1.54) is 11.3 Å². The number of ether oxygens (including phenoxy) is 1. The fourth-order valence-electron chi connectivity index (χ4n) is 1.03. The summed E-state index contributed by atoms with van der Waals surface area (Å²) < 4.78 is 40.6. The van der Waals surface area contributed by atoms with Gasteiger partial charge in [-0.2, -0.15) is 13.2 Å². The molecule has 0 spiro atoms. The van der Waals surface area contributed by atoms with Gasteiger partial charge in [-0.15, -0.1) is 22.9 Å². The molecule has 1 aromatic rings. The number of thiophene rings is 1. The lowest BCUT2D eigenvalue weighted by atomic mass is 10.3. The second-order valence-electron chi connectivity index (χ2n) is 3.19. The van der Waals surface area contributed by atoms with Gasteiger partial charge in [0.05, 0.1) is 14.2 Å². The molecule has 1 heterocycles. The Morgan fingerprint density at radius 1 is 1.47 bits per heavy atom. The van der Waals surface area contributed by atoms with Crippen LogP contribution in [0.3, 0.4) is 0 Å². The summed E-state index contributed by atoms with van der Waals surface area (Å²) in [7, 11) is 0. The summed E-state index contributed by atoms with van der Waals surface area (Å²) in [5.41, 5.74) is 0. The minimum absolute atomic E-state index is 0.0409. The number of hydrogen-bond donors (Lipinski definition) is 0. The lowest BCUT2D eigenvalue weighted by Crippen LogP contribution is -2.17. The quantitative estimate of drug-likeness (QED) is 0.496. The van der Waals surface area contributed by atoms with Crippen LogP contribution in [0.1, 0.15) is 16.7 Å². The van der Waals surface area contributed by atoms with Crippen molar-refractivity contribution in [1.82, 2.24) is 0 Å². The molecule has 98 valence electrons. The van der Waals surface area contributed by atoms with Crippen LogP contribution in [0.4, 0.5) is 13.2 Å². The minimum atomic E-state index is -4.29. The Balaban J connectivity index is 2.33. The van der Waals surface area contributed by atoms with Gasteiger partial charge in [0.1, 0.15) is 6.61 Å². The second kappa shape index (κ2) is 6.61. The summed E-state index contributed by atoms with van der Waals surface area (Å²) >= 11 is 16.4. The molecule has 17 heavy (non-hydrogen) atoms. The highest BCUT2D eigenvalue weighted by molar-refractivity contribution is 9.11. The van der Waals surface area contributed by atoms with Crippen molar-refractivity contribution in [3.05, 3.63) is 19.8 Å². The molecule has 0 aliphatic rings. The predicted molar refractivity (Wildman–Crippen MR) is 67.1 cm³/mol. The van der Waals surface area contributed by atoms with Crippen LogP contribution in [0.5, 0.6) is 0 Å². The van der Waals surface area contributed by atoms with Crippen LogP contribution in [0.2, 0.25) is 5.02 Å². The van der Waals surface area contributed by atoms with Crippen LogP contribution in [-0.2, 0) is 4.74 Å². The van der Waals surface area contributed by atoms with Crippen molar-refractivity contribution >= 4 is 50.5 Å². The summed E-state index contributed by atoms with van der Waals surface area (Å²) in [5, 5.41) is 0.156. The number of alkyl halides is 4. The van der Waals surface area contributed by atoms with Gasteiger partial charge in [-0.05, 0) is 28.4 Å². The third-order valence-corrected chi connectivity index (χ3v) is 4.93. The highest BCUT2D eigenvalue weighted by Gasteiger charge is 2.27. The van der Waals surface area contributed by atoms with Gasteiger partial charge in [-0.3, -0.25) is 0 Å². The maximum atomic E-state index is 11.8. The average molecular weight is 372 g/mol. The molecule has 0 bridgehead atoms. The van der Waals surface area contributed by atoms with Gasteiger partial charge in [0.25, 0.3) is 0 Å². The number of rotatable bonds is 5. The molecule has 0 saturated heterocycles. The zero-order valence-electron chi connectivity index (χ0n) is 8.36. The molecule has 0 saturated carbocycles. The molecule has 1 atom stereocenters. The predicted octanol–water partition coefficient (Wildman–Crippen LogP) is 5.41. The SMILES string of the molecule is FC(F)(F)COCCC(Cl)c1cc(Cl)c(Br)s1. The second-order valence-corrected chi connectivity index (χ2v) is 6.53. The zero-order chi connectivity index (χ0) is 13.1. The summed E-state index contributed by atoms with van der Waals surface area (Å²) in [6.45, 7) is -1.29. The van der Waals surface area contributed by atoms with Crippen molar-refractivity contribution in [2.24, 2.45) is 0 Å². The van der Waals surface area contributed by atoms with E-state index in [2.05, 4.69) is 20.7 Å². The molecule has 0 amide bonds. The smallest absolute Gasteiger partial charge is 0.372 e. The molecule has 0 aliphatic heterocycles. The fourth-order valence-corrected chi connectivity index (χ4v) is 3.08. The molecule has 8 heteroatoms. The van der Waals surface area contributed by atoms with Crippen molar-refractivity contribution < 1.29 is 17.9 Å². The molecule has 0 aromatic carbocycles. The molecule has 1 unspecified atom stereocenters. The van der Waals surface area contributed by atoms with Gasteiger partial charge in [-0.25, -0.2) is 0 Å². The third kappa shape index (κ3) is 5.79.